The fourth-order valence-corrected chi connectivity index (χ4v) is 6.44. The molecule has 3 heteroatoms. The van der Waals surface area contributed by atoms with E-state index < -0.39 is 0 Å². The van der Waals surface area contributed by atoms with Gasteiger partial charge in [0.25, 0.3) is 0 Å². The third kappa shape index (κ3) is 3.75. The van der Waals surface area contributed by atoms with Crippen LogP contribution in [-0.4, -0.2) is 9.97 Å². The zero-order chi connectivity index (χ0) is 28.3. The van der Waals surface area contributed by atoms with E-state index in [1.165, 1.54) is 32.3 Å². The summed E-state index contributed by atoms with van der Waals surface area (Å²) in [5.41, 5.74) is 7.38. The minimum atomic E-state index is 0.684. The van der Waals surface area contributed by atoms with Crippen molar-refractivity contribution in [1.82, 2.24) is 9.97 Å². The van der Waals surface area contributed by atoms with Gasteiger partial charge in [-0.2, -0.15) is 0 Å². The predicted octanol–water partition coefficient (Wildman–Crippen LogP) is 10.8. The number of hydrogen-bond acceptors (Lipinski definition) is 3. The third-order valence-corrected chi connectivity index (χ3v) is 8.47. The Bertz CT molecular complexity index is 2470. The fourth-order valence-electron chi connectivity index (χ4n) is 6.44. The summed E-state index contributed by atoms with van der Waals surface area (Å²) in [5, 5.41) is 8.61. The Morgan fingerprint density at radius 3 is 1.67 bits per heavy atom. The minimum absolute atomic E-state index is 0.684. The molecule has 9 rings (SSSR count). The van der Waals surface area contributed by atoms with Crippen LogP contribution in [-0.2, 0) is 0 Å². The van der Waals surface area contributed by atoms with Crippen LogP contribution < -0.4 is 0 Å². The number of fused-ring (bicyclic) bond motifs is 9. The van der Waals surface area contributed by atoms with Crippen molar-refractivity contribution in [3.63, 3.8) is 0 Å². The van der Waals surface area contributed by atoms with E-state index >= 15 is 0 Å². The number of rotatable bonds is 3. The molecule has 0 N–H and O–H groups in total. The van der Waals surface area contributed by atoms with Crippen molar-refractivity contribution >= 4 is 54.4 Å². The quantitative estimate of drug-likeness (QED) is 0.206. The van der Waals surface area contributed by atoms with E-state index in [9.17, 15) is 0 Å². The van der Waals surface area contributed by atoms with Gasteiger partial charge in [-0.3, -0.25) is 0 Å². The fraction of sp³-hybridized carbons (Fsp3) is 0. The van der Waals surface area contributed by atoms with Crippen molar-refractivity contribution in [2.45, 2.75) is 0 Å². The normalized spacial score (nSPS) is 11.7. The van der Waals surface area contributed by atoms with Crippen LogP contribution in [0.15, 0.2) is 150 Å². The van der Waals surface area contributed by atoms with Crippen LogP contribution in [0.5, 0.6) is 0 Å². The number of furan rings is 1. The summed E-state index contributed by atoms with van der Waals surface area (Å²) < 4.78 is 6.40. The van der Waals surface area contributed by atoms with Gasteiger partial charge in [0.05, 0.1) is 0 Å². The molecule has 2 aromatic heterocycles. The Balaban J connectivity index is 1.27. The lowest BCUT2D eigenvalue weighted by Crippen LogP contribution is -1.94. The standard InChI is InChI=1S/C40H24N2O/c1-2-11-25(12-3-1)40-41-37(39-38(42-40)34-19-8-9-20-36(34)43-39)28-14-10-13-26(23-28)27-21-22-33-31-17-5-4-15-29(31)30-16-6-7-18-32(30)35(33)24-27/h1-24H. The molecule has 3 nitrogen and oxygen atoms in total. The van der Waals surface area contributed by atoms with Crippen molar-refractivity contribution in [3.05, 3.63) is 146 Å². The Kier molecular flexibility index (Phi) is 5.20. The molecule has 0 spiro atoms. The summed E-state index contributed by atoms with van der Waals surface area (Å²) in [6.07, 6.45) is 0. The van der Waals surface area contributed by atoms with Gasteiger partial charge in [-0.1, -0.05) is 121 Å². The van der Waals surface area contributed by atoms with Gasteiger partial charge in [0.2, 0.25) is 0 Å². The molecule has 0 radical (unpaired) electrons. The van der Waals surface area contributed by atoms with Crippen LogP contribution in [0.3, 0.4) is 0 Å². The maximum absolute atomic E-state index is 6.40. The van der Waals surface area contributed by atoms with Gasteiger partial charge < -0.3 is 4.42 Å². The monoisotopic (exact) mass is 548 g/mol. The molecule has 9 aromatic rings. The summed E-state index contributed by atoms with van der Waals surface area (Å²) in [6, 6.07) is 51.0. The summed E-state index contributed by atoms with van der Waals surface area (Å²) >= 11 is 0. The number of aromatic nitrogens is 2. The van der Waals surface area contributed by atoms with E-state index in [1.807, 2.05) is 48.5 Å². The maximum atomic E-state index is 6.40. The highest BCUT2D eigenvalue weighted by atomic mass is 16.3. The molecule has 200 valence electrons. The second-order valence-corrected chi connectivity index (χ2v) is 11.0. The Labute approximate surface area is 247 Å². The Morgan fingerprint density at radius 2 is 0.930 bits per heavy atom. The third-order valence-electron chi connectivity index (χ3n) is 8.47. The lowest BCUT2D eigenvalue weighted by atomic mass is 9.91. The molecular weight excluding hydrogens is 524 g/mol. The Hall–Kier alpha value is -5.80. The summed E-state index contributed by atoms with van der Waals surface area (Å²) in [4.78, 5) is 10.1. The molecule has 0 bridgehead atoms. The molecule has 0 amide bonds. The van der Waals surface area contributed by atoms with Crippen LogP contribution in [0.2, 0.25) is 0 Å². The van der Waals surface area contributed by atoms with Crippen LogP contribution in [0.25, 0.3) is 88.2 Å². The van der Waals surface area contributed by atoms with Crippen LogP contribution in [0, 0.1) is 0 Å². The van der Waals surface area contributed by atoms with Crippen molar-refractivity contribution in [2.75, 3.05) is 0 Å². The van der Waals surface area contributed by atoms with E-state index in [1.54, 1.807) is 0 Å². The van der Waals surface area contributed by atoms with Gasteiger partial charge in [-0.15, -0.1) is 0 Å². The zero-order valence-electron chi connectivity index (χ0n) is 23.2. The first-order chi connectivity index (χ1) is 21.3. The first kappa shape index (κ1) is 23.9. The lowest BCUT2D eigenvalue weighted by molar-refractivity contribution is 0.667. The van der Waals surface area contributed by atoms with Gasteiger partial charge in [0.1, 0.15) is 16.8 Å². The number of hydrogen-bond donors (Lipinski definition) is 0. The molecule has 0 atom stereocenters. The van der Waals surface area contributed by atoms with Gasteiger partial charge in [-0.05, 0) is 67.7 Å². The maximum Gasteiger partial charge on any atom is 0.180 e. The highest BCUT2D eigenvalue weighted by Crippen LogP contribution is 2.39. The van der Waals surface area contributed by atoms with Crippen LogP contribution in [0.4, 0.5) is 0 Å². The molecule has 0 aliphatic rings. The first-order valence-electron chi connectivity index (χ1n) is 14.5. The number of para-hydroxylation sites is 1. The van der Waals surface area contributed by atoms with Crippen LogP contribution in [0.1, 0.15) is 0 Å². The SMILES string of the molecule is c1ccc(-c2nc(-c3cccc(-c4ccc5c6ccccc6c6ccccc6c5c4)c3)c3oc4ccccc4c3n2)cc1. The average molecular weight is 549 g/mol. The molecule has 0 aliphatic heterocycles. The van der Waals surface area contributed by atoms with Crippen molar-refractivity contribution < 1.29 is 4.42 Å². The molecule has 0 unspecified atom stereocenters. The van der Waals surface area contributed by atoms with Crippen molar-refractivity contribution in [1.29, 1.82) is 0 Å². The van der Waals surface area contributed by atoms with E-state index in [4.69, 9.17) is 14.4 Å². The molecule has 0 saturated carbocycles. The van der Waals surface area contributed by atoms with E-state index in [0.29, 0.717) is 11.4 Å². The number of benzene rings is 7. The average Bonchev–Trinajstić information content (AvgIpc) is 3.47. The van der Waals surface area contributed by atoms with E-state index in [2.05, 4.69) is 97.1 Å². The molecule has 7 aromatic carbocycles. The van der Waals surface area contributed by atoms with Crippen molar-refractivity contribution in [3.8, 4) is 33.8 Å². The summed E-state index contributed by atoms with van der Waals surface area (Å²) in [6.45, 7) is 0. The highest BCUT2D eigenvalue weighted by molar-refractivity contribution is 6.25. The summed E-state index contributed by atoms with van der Waals surface area (Å²) in [7, 11) is 0. The van der Waals surface area contributed by atoms with Gasteiger partial charge in [0.15, 0.2) is 11.4 Å². The molecule has 43 heavy (non-hydrogen) atoms. The largest absolute Gasteiger partial charge is 0.452 e. The highest BCUT2D eigenvalue weighted by Gasteiger charge is 2.18. The molecule has 0 fully saturated rings. The minimum Gasteiger partial charge on any atom is -0.452 e. The predicted molar refractivity (Wildman–Crippen MR) is 178 cm³/mol. The Morgan fingerprint density at radius 1 is 0.372 bits per heavy atom. The van der Waals surface area contributed by atoms with Gasteiger partial charge in [-0.25, -0.2) is 9.97 Å². The summed E-state index contributed by atoms with van der Waals surface area (Å²) in [5.74, 6) is 0.684. The smallest absolute Gasteiger partial charge is 0.180 e. The second-order valence-electron chi connectivity index (χ2n) is 11.0. The second kappa shape index (κ2) is 9.37. The number of nitrogens with zero attached hydrogens (tertiary/aromatic N) is 2. The van der Waals surface area contributed by atoms with Gasteiger partial charge >= 0.3 is 0 Å². The van der Waals surface area contributed by atoms with E-state index in [-0.39, 0.29) is 0 Å². The van der Waals surface area contributed by atoms with E-state index in [0.717, 1.165) is 44.4 Å². The van der Waals surface area contributed by atoms with Gasteiger partial charge in [0, 0.05) is 16.5 Å². The molecule has 2 heterocycles. The van der Waals surface area contributed by atoms with Crippen molar-refractivity contribution in [2.24, 2.45) is 0 Å². The van der Waals surface area contributed by atoms with Crippen LogP contribution >= 0.6 is 0 Å². The molecular formula is C40H24N2O. The lowest BCUT2D eigenvalue weighted by Gasteiger charge is -2.12. The molecule has 0 aliphatic carbocycles. The first-order valence-corrected chi connectivity index (χ1v) is 14.5. The topological polar surface area (TPSA) is 38.9 Å². The zero-order valence-corrected chi connectivity index (χ0v) is 23.2. The molecule has 0 saturated heterocycles.